The van der Waals surface area contributed by atoms with Crippen LogP contribution in [-0.4, -0.2) is 26.7 Å². The Labute approximate surface area is 146 Å². The van der Waals surface area contributed by atoms with Crippen LogP contribution < -0.4 is 0 Å². The number of carbonyl (C=O) groups is 2. The van der Waals surface area contributed by atoms with E-state index in [1.165, 1.54) is 4.90 Å². The molecule has 3 rings (SSSR count). The summed E-state index contributed by atoms with van der Waals surface area (Å²) >= 11 is 1.02. The standard InChI is InChI=1S/C19H20N2O2S/c1-4-14(3)21-18(22)17(24-19(21)23)12-15-9-7-11-20(15)16-10-6-5-8-13(16)2/h5-12,14H,4H2,1-3H3/b17-12+/t14-/m0/s1. The van der Waals surface area contributed by atoms with Gasteiger partial charge in [0.25, 0.3) is 11.1 Å². The molecule has 24 heavy (non-hydrogen) atoms. The lowest BCUT2D eigenvalue weighted by atomic mass is 10.2. The Kier molecular flexibility index (Phi) is 4.62. The average Bonchev–Trinajstić information content (AvgIpc) is 3.12. The number of amides is 2. The van der Waals surface area contributed by atoms with Crippen molar-refractivity contribution < 1.29 is 9.59 Å². The molecule has 1 aromatic carbocycles. The van der Waals surface area contributed by atoms with Crippen LogP contribution in [0.5, 0.6) is 0 Å². The number of carbonyl (C=O) groups excluding carboxylic acids is 2. The van der Waals surface area contributed by atoms with Crippen LogP contribution in [-0.2, 0) is 4.79 Å². The van der Waals surface area contributed by atoms with Gasteiger partial charge in [-0.1, -0.05) is 25.1 Å². The Bertz CT molecular complexity index is 822. The van der Waals surface area contributed by atoms with Crippen molar-refractivity contribution in [3.05, 3.63) is 58.8 Å². The van der Waals surface area contributed by atoms with Crippen molar-refractivity contribution in [3.8, 4) is 5.69 Å². The summed E-state index contributed by atoms with van der Waals surface area (Å²) < 4.78 is 2.03. The zero-order valence-corrected chi connectivity index (χ0v) is 14.8. The number of nitrogens with zero attached hydrogens (tertiary/aromatic N) is 2. The highest BCUT2D eigenvalue weighted by Crippen LogP contribution is 2.34. The van der Waals surface area contributed by atoms with E-state index in [0.29, 0.717) is 4.91 Å². The molecule has 1 saturated heterocycles. The minimum Gasteiger partial charge on any atom is -0.317 e. The van der Waals surface area contributed by atoms with Gasteiger partial charge >= 0.3 is 0 Å². The summed E-state index contributed by atoms with van der Waals surface area (Å²) in [7, 11) is 0. The first-order valence-electron chi connectivity index (χ1n) is 8.03. The first kappa shape index (κ1) is 16.6. The van der Waals surface area contributed by atoms with E-state index in [0.717, 1.165) is 35.1 Å². The molecule has 0 unspecified atom stereocenters. The molecule has 4 nitrogen and oxygen atoms in total. The molecule has 1 aliphatic heterocycles. The zero-order chi connectivity index (χ0) is 17.3. The third-order valence-corrected chi connectivity index (χ3v) is 5.17. The fourth-order valence-electron chi connectivity index (χ4n) is 2.74. The van der Waals surface area contributed by atoms with Gasteiger partial charge in [0, 0.05) is 23.6 Å². The van der Waals surface area contributed by atoms with Crippen LogP contribution in [0.4, 0.5) is 4.79 Å². The second-order valence-corrected chi connectivity index (χ2v) is 6.89. The van der Waals surface area contributed by atoms with Crippen molar-refractivity contribution in [3.63, 3.8) is 0 Å². The van der Waals surface area contributed by atoms with Gasteiger partial charge in [0.1, 0.15) is 0 Å². The maximum absolute atomic E-state index is 12.6. The Morgan fingerprint density at radius 3 is 2.62 bits per heavy atom. The smallest absolute Gasteiger partial charge is 0.293 e. The molecule has 124 valence electrons. The molecule has 0 saturated carbocycles. The van der Waals surface area contributed by atoms with Crippen LogP contribution in [0.15, 0.2) is 47.5 Å². The molecule has 2 heterocycles. The lowest BCUT2D eigenvalue weighted by Gasteiger charge is -2.19. The number of benzene rings is 1. The minimum absolute atomic E-state index is 0.0773. The van der Waals surface area contributed by atoms with Gasteiger partial charge in [0.15, 0.2) is 0 Å². The molecular formula is C19H20N2O2S. The molecule has 1 fully saturated rings. The van der Waals surface area contributed by atoms with E-state index in [-0.39, 0.29) is 17.2 Å². The summed E-state index contributed by atoms with van der Waals surface area (Å²) in [6, 6.07) is 11.9. The normalized spacial score (nSPS) is 17.8. The maximum Gasteiger partial charge on any atom is 0.293 e. The van der Waals surface area contributed by atoms with E-state index in [4.69, 9.17) is 0 Å². The van der Waals surface area contributed by atoms with Gasteiger partial charge in [-0.25, -0.2) is 0 Å². The molecule has 1 atom stereocenters. The van der Waals surface area contributed by atoms with Crippen molar-refractivity contribution in [1.29, 1.82) is 0 Å². The molecular weight excluding hydrogens is 320 g/mol. The topological polar surface area (TPSA) is 42.3 Å². The van der Waals surface area contributed by atoms with Crippen LogP contribution in [0.2, 0.25) is 0 Å². The van der Waals surface area contributed by atoms with Gasteiger partial charge in [-0.2, -0.15) is 0 Å². The van der Waals surface area contributed by atoms with Gasteiger partial charge in [-0.05, 0) is 61.9 Å². The Hall–Kier alpha value is -2.27. The second kappa shape index (κ2) is 6.69. The summed E-state index contributed by atoms with van der Waals surface area (Å²) in [5, 5.41) is -0.186. The molecule has 2 amide bonds. The lowest BCUT2D eigenvalue weighted by molar-refractivity contribution is -0.124. The number of aromatic nitrogens is 1. The maximum atomic E-state index is 12.6. The number of hydrogen-bond donors (Lipinski definition) is 0. The first-order valence-corrected chi connectivity index (χ1v) is 8.85. The Morgan fingerprint density at radius 1 is 1.17 bits per heavy atom. The zero-order valence-electron chi connectivity index (χ0n) is 14.0. The molecule has 0 spiro atoms. The summed E-state index contributed by atoms with van der Waals surface area (Å²) in [4.78, 5) is 26.6. The van der Waals surface area contributed by atoms with Crippen molar-refractivity contribution in [2.45, 2.75) is 33.2 Å². The summed E-state index contributed by atoms with van der Waals surface area (Å²) in [5.41, 5.74) is 3.10. The van der Waals surface area contributed by atoms with Crippen molar-refractivity contribution >= 4 is 29.0 Å². The number of para-hydroxylation sites is 1. The molecule has 0 radical (unpaired) electrons. The van der Waals surface area contributed by atoms with Crippen molar-refractivity contribution in [1.82, 2.24) is 9.47 Å². The van der Waals surface area contributed by atoms with E-state index in [1.54, 1.807) is 6.08 Å². The van der Waals surface area contributed by atoms with Crippen LogP contribution in [0.3, 0.4) is 0 Å². The number of hydrogen-bond acceptors (Lipinski definition) is 3. The van der Waals surface area contributed by atoms with Gasteiger partial charge in [0.2, 0.25) is 0 Å². The van der Waals surface area contributed by atoms with E-state index in [2.05, 4.69) is 13.0 Å². The van der Waals surface area contributed by atoms with E-state index in [9.17, 15) is 9.59 Å². The molecule has 5 heteroatoms. The van der Waals surface area contributed by atoms with Crippen LogP contribution in [0, 0.1) is 6.92 Å². The van der Waals surface area contributed by atoms with Crippen LogP contribution in [0.25, 0.3) is 11.8 Å². The summed E-state index contributed by atoms with van der Waals surface area (Å²) in [6.45, 7) is 5.92. The van der Waals surface area contributed by atoms with E-state index < -0.39 is 0 Å². The van der Waals surface area contributed by atoms with Gasteiger partial charge in [-0.15, -0.1) is 0 Å². The lowest BCUT2D eigenvalue weighted by Crippen LogP contribution is -2.36. The fraction of sp³-hybridized carbons (Fsp3) is 0.263. The molecule has 0 aliphatic carbocycles. The summed E-state index contributed by atoms with van der Waals surface area (Å²) in [6.07, 6.45) is 4.53. The minimum atomic E-state index is -0.197. The number of thioether (sulfide) groups is 1. The highest BCUT2D eigenvalue weighted by atomic mass is 32.2. The molecule has 0 bridgehead atoms. The highest BCUT2D eigenvalue weighted by Gasteiger charge is 2.37. The van der Waals surface area contributed by atoms with E-state index in [1.807, 2.05) is 54.9 Å². The average molecular weight is 340 g/mol. The third kappa shape index (κ3) is 2.91. The van der Waals surface area contributed by atoms with Gasteiger partial charge in [-0.3, -0.25) is 14.5 Å². The van der Waals surface area contributed by atoms with Crippen molar-refractivity contribution in [2.75, 3.05) is 0 Å². The molecule has 2 aromatic rings. The SMILES string of the molecule is CC[C@H](C)N1C(=O)S/C(=C/c2cccn2-c2ccccc2C)C1=O. The molecule has 1 aromatic heterocycles. The second-order valence-electron chi connectivity index (χ2n) is 5.90. The van der Waals surface area contributed by atoms with Gasteiger partial charge in [0.05, 0.1) is 4.91 Å². The predicted octanol–water partition coefficient (Wildman–Crippen LogP) is 4.62. The monoisotopic (exact) mass is 340 g/mol. The highest BCUT2D eigenvalue weighted by molar-refractivity contribution is 8.18. The van der Waals surface area contributed by atoms with Crippen LogP contribution >= 0.6 is 11.8 Å². The van der Waals surface area contributed by atoms with Gasteiger partial charge < -0.3 is 4.57 Å². The molecule has 1 aliphatic rings. The third-order valence-electron chi connectivity index (χ3n) is 4.29. The number of rotatable bonds is 4. The first-order chi connectivity index (χ1) is 11.5. The predicted molar refractivity (Wildman–Crippen MR) is 98.1 cm³/mol. The Balaban J connectivity index is 1.97. The van der Waals surface area contributed by atoms with Crippen molar-refractivity contribution in [2.24, 2.45) is 0 Å². The number of aryl methyl sites for hydroxylation is 1. The quantitative estimate of drug-likeness (QED) is 0.763. The largest absolute Gasteiger partial charge is 0.317 e. The summed E-state index contributed by atoms with van der Waals surface area (Å²) in [5.74, 6) is -0.197. The fourth-order valence-corrected chi connectivity index (χ4v) is 3.66. The molecule has 0 N–H and O–H groups in total. The van der Waals surface area contributed by atoms with Crippen LogP contribution in [0.1, 0.15) is 31.5 Å². The number of imide groups is 1. The van der Waals surface area contributed by atoms with E-state index >= 15 is 0 Å². The Morgan fingerprint density at radius 2 is 1.92 bits per heavy atom.